The Morgan fingerprint density at radius 2 is 2.03 bits per heavy atom. The van der Waals surface area contributed by atoms with E-state index in [1.165, 1.54) is 49.6 Å². The number of thioether (sulfide) groups is 1. The van der Waals surface area contributed by atoms with Gasteiger partial charge < -0.3 is 4.90 Å². The number of nitrogens with one attached hydrogen (secondary N) is 1. The predicted molar refractivity (Wildman–Crippen MR) is 118 cm³/mol. The molecule has 1 aromatic heterocycles. The second-order valence-electron chi connectivity index (χ2n) is 9.10. The van der Waals surface area contributed by atoms with Crippen LogP contribution in [0.15, 0.2) is 35.5 Å². The van der Waals surface area contributed by atoms with E-state index in [1.807, 2.05) is 6.92 Å². The summed E-state index contributed by atoms with van der Waals surface area (Å²) in [5.74, 6) is 2.64. The van der Waals surface area contributed by atoms with Gasteiger partial charge in [0.25, 0.3) is 0 Å². The Bertz CT molecular complexity index is 871. The lowest BCUT2D eigenvalue weighted by Crippen LogP contribution is -2.64. The van der Waals surface area contributed by atoms with Gasteiger partial charge >= 0.3 is 0 Å². The molecule has 6 nitrogen and oxygen atoms in total. The number of rotatable bonds is 5. The number of aryl methyl sites for hydroxylation is 1. The molecule has 0 aliphatic carbocycles. The summed E-state index contributed by atoms with van der Waals surface area (Å²) in [6, 6.07) is 12.1. The van der Waals surface area contributed by atoms with Crippen molar-refractivity contribution in [3.63, 3.8) is 0 Å². The monoisotopic (exact) mass is 425 g/mol. The molecule has 30 heavy (non-hydrogen) atoms. The largest absolute Gasteiger partial charge is 0.341 e. The van der Waals surface area contributed by atoms with Crippen molar-refractivity contribution in [3.8, 4) is 0 Å². The number of carbonyl (C=O) groups excluding carboxylic acids is 1. The van der Waals surface area contributed by atoms with Crippen LogP contribution in [0.5, 0.6) is 0 Å². The number of aromatic nitrogens is 3. The zero-order valence-electron chi connectivity index (χ0n) is 17.7. The minimum Gasteiger partial charge on any atom is -0.341 e. The third kappa shape index (κ3) is 4.14. The summed E-state index contributed by atoms with van der Waals surface area (Å²) in [5.41, 5.74) is 1.42. The SMILES string of the molecule is Cc1nc(SCC(=O)N2C[C@H]3C[C@@H](C2)[C@H](Cc2ccccc2)N2CCCC[C@@H]32)n[nH]1. The third-order valence-corrected chi connectivity index (χ3v) is 8.00. The van der Waals surface area contributed by atoms with E-state index < -0.39 is 0 Å². The van der Waals surface area contributed by atoms with Crippen LogP contribution < -0.4 is 0 Å². The van der Waals surface area contributed by atoms with Crippen LogP contribution in [0.2, 0.25) is 0 Å². The van der Waals surface area contributed by atoms with Crippen LogP contribution in [0.1, 0.15) is 37.1 Å². The van der Waals surface area contributed by atoms with Crippen LogP contribution in [-0.4, -0.2) is 68.4 Å². The fourth-order valence-electron chi connectivity index (χ4n) is 5.85. The molecule has 0 radical (unpaired) electrons. The van der Waals surface area contributed by atoms with Crippen molar-refractivity contribution in [2.75, 3.05) is 25.4 Å². The molecule has 2 aromatic rings. The molecular formula is C23H31N5OS. The number of nitrogens with zero attached hydrogens (tertiary/aromatic N) is 4. The van der Waals surface area contributed by atoms with Crippen LogP contribution in [0.4, 0.5) is 0 Å². The molecular weight excluding hydrogens is 394 g/mol. The highest BCUT2D eigenvalue weighted by atomic mass is 32.2. The number of carbonyl (C=O) groups is 1. The molecule has 3 fully saturated rings. The first-order valence-electron chi connectivity index (χ1n) is 11.3. The van der Waals surface area contributed by atoms with E-state index >= 15 is 0 Å². The van der Waals surface area contributed by atoms with Crippen molar-refractivity contribution >= 4 is 17.7 Å². The number of hydrogen-bond acceptors (Lipinski definition) is 5. The summed E-state index contributed by atoms with van der Waals surface area (Å²) in [5, 5.41) is 7.67. The molecule has 3 aliphatic heterocycles. The third-order valence-electron chi connectivity index (χ3n) is 7.16. The highest BCUT2D eigenvalue weighted by Gasteiger charge is 2.47. The molecule has 0 unspecified atom stereocenters. The molecule has 1 N–H and O–H groups in total. The normalized spacial score (nSPS) is 28.9. The van der Waals surface area contributed by atoms with Gasteiger partial charge in [0.1, 0.15) is 5.82 Å². The smallest absolute Gasteiger partial charge is 0.233 e. The van der Waals surface area contributed by atoms with Crippen LogP contribution >= 0.6 is 11.8 Å². The lowest BCUT2D eigenvalue weighted by atomic mass is 9.71. The van der Waals surface area contributed by atoms with Crippen LogP contribution in [0, 0.1) is 18.8 Å². The quantitative estimate of drug-likeness (QED) is 0.746. The van der Waals surface area contributed by atoms with Crippen LogP contribution in [-0.2, 0) is 11.2 Å². The topological polar surface area (TPSA) is 65.1 Å². The van der Waals surface area contributed by atoms with Gasteiger partial charge in [-0.25, -0.2) is 4.98 Å². The Labute approximate surface area is 182 Å². The fourth-order valence-corrected chi connectivity index (χ4v) is 6.60. The Hall–Kier alpha value is -1.86. The van der Waals surface area contributed by atoms with Crippen LogP contribution in [0.3, 0.4) is 0 Å². The first kappa shape index (κ1) is 20.1. The zero-order valence-corrected chi connectivity index (χ0v) is 18.5. The fraction of sp³-hybridized carbons (Fsp3) is 0.609. The van der Waals surface area contributed by atoms with Gasteiger partial charge in [-0.05, 0) is 56.6 Å². The minimum absolute atomic E-state index is 0.236. The summed E-state index contributed by atoms with van der Waals surface area (Å²) in [6.07, 6.45) is 6.30. The van der Waals surface area contributed by atoms with Crippen molar-refractivity contribution in [1.29, 1.82) is 0 Å². The molecule has 0 spiro atoms. The molecule has 1 amide bonds. The van der Waals surface area contributed by atoms with Gasteiger partial charge in [-0.2, -0.15) is 0 Å². The van der Waals surface area contributed by atoms with E-state index in [2.05, 4.69) is 55.3 Å². The number of likely N-dealkylation sites (tertiary alicyclic amines) is 1. The lowest BCUT2D eigenvalue weighted by molar-refractivity contribution is -0.138. The summed E-state index contributed by atoms with van der Waals surface area (Å²) in [6.45, 7) is 4.92. The number of H-pyrrole nitrogens is 1. The molecule has 160 valence electrons. The number of fused-ring (bicyclic) bond motifs is 4. The van der Waals surface area contributed by atoms with Gasteiger partial charge in [0.05, 0.1) is 5.75 Å². The molecule has 0 saturated carbocycles. The number of hydrogen-bond donors (Lipinski definition) is 1. The molecule has 2 bridgehead atoms. The van der Waals surface area contributed by atoms with Crippen molar-refractivity contribution in [2.24, 2.45) is 11.8 Å². The first-order chi connectivity index (χ1) is 14.7. The molecule has 4 heterocycles. The van der Waals surface area contributed by atoms with E-state index in [-0.39, 0.29) is 5.91 Å². The van der Waals surface area contributed by atoms with Crippen molar-refractivity contribution in [3.05, 3.63) is 41.7 Å². The Morgan fingerprint density at radius 1 is 1.20 bits per heavy atom. The second-order valence-corrected chi connectivity index (χ2v) is 10.0. The summed E-state index contributed by atoms with van der Waals surface area (Å²) < 4.78 is 0. The number of aromatic amines is 1. The van der Waals surface area contributed by atoms with Gasteiger partial charge in [-0.1, -0.05) is 48.5 Å². The highest BCUT2D eigenvalue weighted by Crippen LogP contribution is 2.42. The maximum atomic E-state index is 13.1. The average molecular weight is 426 g/mol. The summed E-state index contributed by atoms with van der Waals surface area (Å²) in [7, 11) is 0. The lowest BCUT2D eigenvalue weighted by Gasteiger charge is -2.57. The van der Waals surface area contributed by atoms with Gasteiger partial charge in [0.15, 0.2) is 0 Å². The van der Waals surface area contributed by atoms with E-state index in [9.17, 15) is 4.79 Å². The number of benzene rings is 1. The number of amides is 1. The summed E-state index contributed by atoms with van der Waals surface area (Å²) >= 11 is 1.44. The molecule has 3 aliphatic rings. The predicted octanol–water partition coefficient (Wildman–Crippen LogP) is 3.15. The molecule has 1 aromatic carbocycles. The maximum Gasteiger partial charge on any atom is 0.233 e. The molecule has 7 heteroatoms. The molecule has 4 atom stereocenters. The Kier molecular flexibility index (Phi) is 5.83. The van der Waals surface area contributed by atoms with Gasteiger partial charge in [-0.15, -0.1) is 5.10 Å². The molecule has 5 rings (SSSR count). The average Bonchev–Trinajstić information content (AvgIpc) is 3.20. The van der Waals surface area contributed by atoms with Crippen molar-refractivity contribution in [1.82, 2.24) is 25.0 Å². The standard InChI is InChI=1S/C23H31N5OS/c1-16-24-23(26-25-16)30-15-22(29)27-13-18-12-19(14-27)21(11-17-7-3-2-4-8-17)28-10-6-5-9-20(18)28/h2-4,7-8,18-21H,5-6,9-15H2,1H3,(H,24,25,26)/t18-,19+,20+,21+/m1/s1. The van der Waals surface area contributed by atoms with Crippen LogP contribution in [0.25, 0.3) is 0 Å². The molecule has 3 saturated heterocycles. The minimum atomic E-state index is 0.236. The zero-order chi connectivity index (χ0) is 20.5. The maximum absolute atomic E-state index is 13.1. The highest BCUT2D eigenvalue weighted by molar-refractivity contribution is 7.99. The number of piperidine rings is 3. The van der Waals surface area contributed by atoms with Gasteiger partial charge in [0.2, 0.25) is 11.1 Å². The van der Waals surface area contributed by atoms with E-state index in [1.54, 1.807) is 0 Å². The second kappa shape index (κ2) is 8.71. The van der Waals surface area contributed by atoms with Gasteiger partial charge in [-0.3, -0.25) is 14.8 Å². The van der Waals surface area contributed by atoms with E-state index in [4.69, 9.17) is 0 Å². The van der Waals surface area contributed by atoms with Gasteiger partial charge in [0, 0.05) is 25.2 Å². The summed E-state index contributed by atoms with van der Waals surface area (Å²) in [4.78, 5) is 22.3. The Morgan fingerprint density at radius 3 is 2.83 bits per heavy atom. The first-order valence-corrected chi connectivity index (χ1v) is 12.2. The Balaban J connectivity index is 1.30. The van der Waals surface area contributed by atoms with Crippen molar-refractivity contribution < 1.29 is 4.79 Å². The van der Waals surface area contributed by atoms with E-state index in [0.717, 1.165) is 25.3 Å². The van der Waals surface area contributed by atoms with Crippen molar-refractivity contribution in [2.45, 2.75) is 56.3 Å². The van der Waals surface area contributed by atoms with E-state index in [0.29, 0.717) is 34.8 Å².